The van der Waals surface area contributed by atoms with Gasteiger partial charge in [-0.25, -0.2) is 9.97 Å². The topological polar surface area (TPSA) is 66.9 Å². The maximum Gasteiger partial charge on any atom is 0.159 e. The molecule has 1 aromatic heterocycles. The van der Waals surface area contributed by atoms with Crippen LogP contribution in [0.3, 0.4) is 0 Å². The highest BCUT2D eigenvalue weighted by Crippen LogP contribution is 2.18. The predicted molar refractivity (Wildman–Crippen MR) is 100 cm³/mol. The fourth-order valence-corrected chi connectivity index (χ4v) is 2.47. The number of nitrogens with zero attached hydrogens (tertiary/aromatic N) is 2. The molecule has 0 radical (unpaired) electrons. The number of carbonyl (C=O) groups is 1. The summed E-state index contributed by atoms with van der Waals surface area (Å²) in [6.07, 6.45) is 2.44. The Morgan fingerprint density at radius 3 is 2.56 bits per heavy atom. The molecule has 126 valence electrons. The van der Waals surface area contributed by atoms with Crippen LogP contribution in [0.4, 0.5) is 17.3 Å². The summed E-state index contributed by atoms with van der Waals surface area (Å²) in [5, 5.41) is 6.51. The van der Waals surface area contributed by atoms with Gasteiger partial charge < -0.3 is 10.6 Å². The molecule has 0 atom stereocenters. The lowest BCUT2D eigenvalue weighted by molar-refractivity contribution is 0.101. The minimum absolute atomic E-state index is 0.0367. The van der Waals surface area contributed by atoms with E-state index in [-0.39, 0.29) is 5.78 Å². The molecule has 0 saturated carbocycles. The fraction of sp³-hybridized carbons (Fsp3) is 0.150. The number of hydrogen-bond acceptors (Lipinski definition) is 5. The van der Waals surface area contributed by atoms with Gasteiger partial charge in [0.05, 0.1) is 0 Å². The van der Waals surface area contributed by atoms with Crippen LogP contribution >= 0.6 is 0 Å². The summed E-state index contributed by atoms with van der Waals surface area (Å²) in [5.74, 6) is 1.48. The number of benzene rings is 2. The van der Waals surface area contributed by atoms with Crippen molar-refractivity contribution < 1.29 is 4.79 Å². The van der Waals surface area contributed by atoms with E-state index in [1.807, 2.05) is 42.5 Å². The molecule has 0 aliphatic heterocycles. The average Bonchev–Trinajstić information content (AvgIpc) is 2.63. The van der Waals surface area contributed by atoms with Crippen molar-refractivity contribution >= 4 is 23.1 Å². The zero-order valence-electron chi connectivity index (χ0n) is 14.1. The highest BCUT2D eigenvalue weighted by atomic mass is 16.1. The van der Waals surface area contributed by atoms with Crippen LogP contribution in [0.15, 0.2) is 67.0 Å². The first-order valence-electron chi connectivity index (χ1n) is 8.18. The molecule has 25 heavy (non-hydrogen) atoms. The molecule has 0 unspecified atom stereocenters. The molecule has 3 rings (SSSR count). The van der Waals surface area contributed by atoms with E-state index in [1.54, 1.807) is 13.0 Å². The maximum absolute atomic E-state index is 11.5. The molecule has 0 fully saturated rings. The number of ketones is 1. The zero-order valence-corrected chi connectivity index (χ0v) is 14.1. The molecule has 0 aliphatic carbocycles. The highest BCUT2D eigenvalue weighted by Gasteiger charge is 2.03. The number of anilines is 3. The Morgan fingerprint density at radius 2 is 1.76 bits per heavy atom. The van der Waals surface area contributed by atoms with Crippen LogP contribution in [-0.4, -0.2) is 22.3 Å². The largest absolute Gasteiger partial charge is 0.370 e. The van der Waals surface area contributed by atoms with Gasteiger partial charge in [0.25, 0.3) is 0 Å². The van der Waals surface area contributed by atoms with Crippen LogP contribution in [0.2, 0.25) is 0 Å². The molecule has 2 aromatic carbocycles. The van der Waals surface area contributed by atoms with Gasteiger partial charge in [-0.05, 0) is 31.0 Å². The van der Waals surface area contributed by atoms with E-state index < -0.39 is 0 Å². The van der Waals surface area contributed by atoms with Gasteiger partial charge in [0, 0.05) is 23.9 Å². The van der Waals surface area contributed by atoms with Gasteiger partial charge in [0.15, 0.2) is 5.78 Å². The maximum atomic E-state index is 11.5. The van der Waals surface area contributed by atoms with Crippen LogP contribution in [0, 0.1) is 0 Å². The van der Waals surface area contributed by atoms with Gasteiger partial charge in [-0.3, -0.25) is 4.79 Å². The fourth-order valence-electron chi connectivity index (χ4n) is 2.47. The first-order chi connectivity index (χ1) is 12.2. The summed E-state index contributed by atoms with van der Waals surface area (Å²) in [4.78, 5) is 19.9. The van der Waals surface area contributed by atoms with Gasteiger partial charge in [-0.2, -0.15) is 0 Å². The van der Waals surface area contributed by atoms with E-state index in [1.165, 1.54) is 11.9 Å². The highest BCUT2D eigenvalue weighted by molar-refractivity contribution is 5.95. The van der Waals surface area contributed by atoms with E-state index in [0.717, 1.165) is 24.5 Å². The Balaban J connectivity index is 1.61. The lowest BCUT2D eigenvalue weighted by Gasteiger charge is -2.09. The molecular formula is C20H20N4O. The monoisotopic (exact) mass is 332 g/mol. The number of nitrogens with one attached hydrogen (secondary N) is 2. The number of Topliss-reactive ketones (excluding diaryl/α,β-unsaturated/α-hetero) is 1. The SMILES string of the molecule is CC(=O)c1cccc(Nc2cc(NCCc3ccccc3)ncn2)c1. The Bertz CT molecular complexity index is 849. The molecule has 1 heterocycles. The van der Waals surface area contributed by atoms with Crippen molar-refractivity contribution in [3.63, 3.8) is 0 Å². The summed E-state index contributed by atoms with van der Waals surface area (Å²) in [6, 6.07) is 19.5. The van der Waals surface area contributed by atoms with Crippen LogP contribution in [0.1, 0.15) is 22.8 Å². The van der Waals surface area contributed by atoms with Crippen molar-refractivity contribution in [2.24, 2.45) is 0 Å². The Morgan fingerprint density at radius 1 is 0.960 bits per heavy atom. The molecule has 0 saturated heterocycles. The quantitative estimate of drug-likeness (QED) is 0.638. The van der Waals surface area contributed by atoms with Gasteiger partial charge in [0.2, 0.25) is 0 Å². The smallest absolute Gasteiger partial charge is 0.159 e. The first kappa shape index (κ1) is 16.6. The van der Waals surface area contributed by atoms with Gasteiger partial charge in [0.1, 0.15) is 18.0 Å². The van der Waals surface area contributed by atoms with Gasteiger partial charge in [-0.1, -0.05) is 42.5 Å². The van der Waals surface area contributed by atoms with Crippen molar-refractivity contribution in [3.05, 3.63) is 78.1 Å². The van der Waals surface area contributed by atoms with E-state index >= 15 is 0 Å². The average molecular weight is 332 g/mol. The minimum atomic E-state index is 0.0367. The van der Waals surface area contributed by atoms with Crippen LogP contribution in [0.5, 0.6) is 0 Å². The van der Waals surface area contributed by atoms with Crippen molar-refractivity contribution in [2.75, 3.05) is 17.2 Å². The van der Waals surface area contributed by atoms with Crippen molar-refractivity contribution in [2.45, 2.75) is 13.3 Å². The predicted octanol–water partition coefficient (Wildman–Crippen LogP) is 4.08. The van der Waals surface area contributed by atoms with Crippen molar-refractivity contribution in [1.29, 1.82) is 0 Å². The molecular weight excluding hydrogens is 312 g/mol. The molecule has 0 bridgehead atoms. The number of aromatic nitrogens is 2. The third kappa shape index (κ3) is 4.88. The van der Waals surface area contributed by atoms with Crippen molar-refractivity contribution in [1.82, 2.24) is 9.97 Å². The summed E-state index contributed by atoms with van der Waals surface area (Å²) in [5.41, 5.74) is 2.77. The van der Waals surface area contributed by atoms with E-state index in [4.69, 9.17) is 0 Å². The van der Waals surface area contributed by atoms with Crippen molar-refractivity contribution in [3.8, 4) is 0 Å². The molecule has 5 nitrogen and oxygen atoms in total. The Labute approximate surface area is 147 Å². The molecule has 0 aliphatic rings. The molecule has 5 heteroatoms. The minimum Gasteiger partial charge on any atom is -0.370 e. The lowest BCUT2D eigenvalue weighted by atomic mass is 10.1. The molecule has 0 amide bonds. The third-order valence-electron chi connectivity index (χ3n) is 3.77. The van der Waals surface area contributed by atoms with E-state index in [2.05, 4.69) is 32.7 Å². The lowest BCUT2D eigenvalue weighted by Crippen LogP contribution is -2.07. The molecule has 3 aromatic rings. The normalized spacial score (nSPS) is 10.3. The summed E-state index contributed by atoms with van der Waals surface area (Å²) < 4.78 is 0. The standard InChI is InChI=1S/C20H20N4O/c1-15(25)17-8-5-9-18(12-17)24-20-13-19(22-14-23-20)21-11-10-16-6-3-2-4-7-16/h2-9,12-14H,10-11H2,1H3,(H2,21,22,23,24). The second-order valence-electron chi connectivity index (χ2n) is 5.71. The Hall–Kier alpha value is -3.21. The molecule has 0 spiro atoms. The number of hydrogen-bond donors (Lipinski definition) is 2. The van der Waals surface area contributed by atoms with Gasteiger partial charge >= 0.3 is 0 Å². The van der Waals surface area contributed by atoms with Crippen LogP contribution < -0.4 is 10.6 Å². The van der Waals surface area contributed by atoms with E-state index in [0.29, 0.717) is 11.4 Å². The first-order valence-corrected chi connectivity index (χ1v) is 8.18. The number of rotatable bonds is 7. The van der Waals surface area contributed by atoms with E-state index in [9.17, 15) is 4.79 Å². The Kier molecular flexibility index (Phi) is 5.36. The van der Waals surface area contributed by atoms with Crippen LogP contribution in [-0.2, 0) is 6.42 Å². The second kappa shape index (κ2) is 8.06. The summed E-state index contributed by atoms with van der Waals surface area (Å²) in [6.45, 7) is 2.35. The van der Waals surface area contributed by atoms with Gasteiger partial charge in [-0.15, -0.1) is 0 Å². The van der Waals surface area contributed by atoms with Crippen LogP contribution in [0.25, 0.3) is 0 Å². The number of carbonyl (C=O) groups excluding carboxylic acids is 1. The zero-order chi connectivity index (χ0) is 17.5. The summed E-state index contributed by atoms with van der Waals surface area (Å²) in [7, 11) is 0. The third-order valence-corrected chi connectivity index (χ3v) is 3.77. The molecule has 2 N–H and O–H groups in total. The summed E-state index contributed by atoms with van der Waals surface area (Å²) >= 11 is 0. The second-order valence-corrected chi connectivity index (χ2v) is 5.71.